The Hall–Kier alpha value is -3.50. The van der Waals surface area contributed by atoms with E-state index in [0.29, 0.717) is 25.7 Å². The number of aliphatic hydroxyl groups is 1. The van der Waals surface area contributed by atoms with Crippen LogP contribution in [0.5, 0.6) is 0 Å². The van der Waals surface area contributed by atoms with Crippen molar-refractivity contribution in [2.75, 3.05) is 39.6 Å². The molecule has 17 nitrogen and oxygen atoms in total. The van der Waals surface area contributed by atoms with Gasteiger partial charge in [0.15, 0.2) is 12.2 Å². The van der Waals surface area contributed by atoms with Gasteiger partial charge in [0.25, 0.3) is 0 Å². The summed E-state index contributed by atoms with van der Waals surface area (Å²) in [5.74, 6) is -2.20. The number of phosphoric ester groups is 2. The van der Waals surface area contributed by atoms with E-state index in [4.69, 9.17) is 37.0 Å². The average molecular weight is 1340 g/mol. The average Bonchev–Trinajstić information content (AvgIpc) is 2.26. The van der Waals surface area contributed by atoms with Gasteiger partial charge in [-0.2, -0.15) is 0 Å². The van der Waals surface area contributed by atoms with Crippen molar-refractivity contribution in [3.8, 4) is 0 Å². The molecule has 0 spiro atoms. The first-order chi connectivity index (χ1) is 44.7. The minimum absolute atomic E-state index is 0.0914. The normalized spacial score (nSPS) is 14.5. The maximum Gasteiger partial charge on any atom is 0.472 e. The van der Waals surface area contributed by atoms with Crippen molar-refractivity contribution >= 4 is 39.5 Å². The minimum Gasteiger partial charge on any atom is -0.462 e. The zero-order valence-corrected chi connectivity index (χ0v) is 59.8. The Labute approximate surface area is 558 Å². The van der Waals surface area contributed by atoms with E-state index < -0.39 is 97.5 Å². The van der Waals surface area contributed by atoms with Crippen LogP contribution in [0, 0.1) is 0 Å². The second kappa shape index (κ2) is 66.1. The predicted molar refractivity (Wildman–Crippen MR) is 372 cm³/mol. The van der Waals surface area contributed by atoms with Crippen LogP contribution in [0.2, 0.25) is 0 Å². The number of esters is 4. The summed E-state index contributed by atoms with van der Waals surface area (Å²) in [4.78, 5) is 72.5. The van der Waals surface area contributed by atoms with Gasteiger partial charge in [-0.1, -0.05) is 268 Å². The molecule has 534 valence electrons. The van der Waals surface area contributed by atoms with Gasteiger partial charge in [0, 0.05) is 25.7 Å². The molecular formula is C73H130O17P2. The summed E-state index contributed by atoms with van der Waals surface area (Å²) in [6, 6.07) is 0. The van der Waals surface area contributed by atoms with Crippen LogP contribution < -0.4 is 0 Å². The summed E-state index contributed by atoms with van der Waals surface area (Å²) < 4.78 is 68.2. The Morgan fingerprint density at radius 2 is 0.576 bits per heavy atom. The molecule has 0 saturated carbocycles. The fourth-order valence-electron chi connectivity index (χ4n) is 9.64. The number of allylic oxidation sites excluding steroid dienone is 12. The van der Waals surface area contributed by atoms with Crippen LogP contribution in [0.15, 0.2) is 72.9 Å². The number of ether oxygens (including phenoxy) is 4. The first kappa shape index (κ1) is 88.5. The molecule has 5 atom stereocenters. The second-order valence-electron chi connectivity index (χ2n) is 24.2. The molecule has 0 saturated heterocycles. The molecule has 92 heavy (non-hydrogen) atoms. The van der Waals surface area contributed by atoms with Crippen molar-refractivity contribution in [1.82, 2.24) is 0 Å². The van der Waals surface area contributed by atoms with Crippen LogP contribution in [0.4, 0.5) is 0 Å². The van der Waals surface area contributed by atoms with Crippen molar-refractivity contribution in [3.05, 3.63) is 72.9 Å². The van der Waals surface area contributed by atoms with Gasteiger partial charge in [-0.05, 0) is 89.9 Å². The number of hydrogen-bond donors (Lipinski definition) is 3. The maximum atomic E-state index is 13.0. The van der Waals surface area contributed by atoms with Gasteiger partial charge in [-0.3, -0.25) is 37.3 Å². The van der Waals surface area contributed by atoms with Gasteiger partial charge in [-0.25, -0.2) is 9.13 Å². The number of rotatable bonds is 68. The van der Waals surface area contributed by atoms with Crippen LogP contribution in [-0.4, -0.2) is 96.7 Å². The zero-order valence-electron chi connectivity index (χ0n) is 58.0. The largest absolute Gasteiger partial charge is 0.472 e. The highest BCUT2D eigenvalue weighted by molar-refractivity contribution is 7.47. The number of carbonyl (C=O) groups is 4. The number of unbranched alkanes of at least 4 members (excludes halogenated alkanes) is 30. The van der Waals surface area contributed by atoms with Gasteiger partial charge < -0.3 is 33.8 Å². The molecule has 0 aromatic heterocycles. The lowest BCUT2D eigenvalue weighted by Gasteiger charge is -2.21. The van der Waals surface area contributed by atoms with Crippen LogP contribution >= 0.6 is 15.6 Å². The third-order valence-corrected chi connectivity index (χ3v) is 17.1. The van der Waals surface area contributed by atoms with Gasteiger partial charge in [0.1, 0.15) is 19.3 Å². The van der Waals surface area contributed by atoms with E-state index in [1.54, 1.807) is 0 Å². The quantitative estimate of drug-likeness (QED) is 0.0169. The summed E-state index contributed by atoms with van der Waals surface area (Å²) in [5, 5.41) is 10.6. The molecule has 0 aromatic rings. The summed E-state index contributed by atoms with van der Waals surface area (Å²) in [6.45, 7) is 4.67. The first-order valence-electron chi connectivity index (χ1n) is 36.2. The fraction of sp³-hybridized carbons (Fsp3) is 0.781. The smallest absolute Gasteiger partial charge is 0.462 e. The Bertz CT molecular complexity index is 2040. The van der Waals surface area contributed by atoms with E-state index in [1.165, 1.54) is 89.9 Å². The maximum absolute atomic E-state index is 13.0. The van der Waals surface area contributed by atoms with Crippen molar-refractivity contribution in [2.45, 2.75) is 329 Å². The molecule has 0 bridgehead atoms. The fourth-order valence-corrected chi connectivity index (χ4v) is 11.2. The highest BCUT2D eigenvalue weighted by Gasteiger charge is 2.30. The minimum atomic E-state index is -4.97. The highest BCUT2D eigenvalue weighted by Crippen LogP contribution is 2.45. The Morgan fingerprint density at radius 3 is 0.924 bits per heavy atom. The first-order valence-corrected chi connectivity index (χ1v) is 39.2. The van der Waals surface area contributed by atoms with E-state index in [0.717, 1.165) is 141 Å². The van der Waals surface area contributed by atoms with Crippen LogP contribution in [0.3, 0.4) is 0 Å². The van der Waals surface area contributed by atoms with E-state index in [-0.39, 0.29) is 25.7 Å². The van der Waals surface area contributed by atoms with Gasteiger partial charge in [0.05, 0.1) is 26.4 Å². The lowest BCUT2D eigenvalue weighted by Crippen LogP contribution is -2.30. The molecule has 3 N–H and O–H groups in total. The highest BCUT2D eigenvalue weighted by atomic mass is 31.2. The number of carbonyl (C=O) groups excluding carboxylic acids is 4. The summed E-state index contributed by atoms with van der Waals surface area (Å²) in [6.07, 6.45) is 63.5. The van der Waals surface area contributed by atoms with E-state index in [2.05, 4.69) is 101 Å². The SMILES string of the molecule is CC/C=C\C/C=C\C/C=C\C/C=C\C/C=C\CCCCCC(=O)OCC(COP(=O)(O)OCC(O)COP(=O)(O)OCC(COC(=O)CCCCCCC/C=C\CCCC)OC(=O)CCCCCCCCCCCCC)OC(=O)CCCCCCCCCCCCC. The Morgan fingerprint density at radius 1 is 0.315 bits per heavy atom. The van der Waals surface area contributed by atoms with Gasteiger partial charge in [-0.15, -0.1) is 0 Å². The van der Waals surface area contributed by atoms with Crippen LogP contribution in [0.25, 0.3) is 0 Å². The molecule has 5 unspecified atom stereocenters. The number of hydrogen-bond acceptors (Lipinski definition) is 15. The third kappa shape index (κ3) is 65.2. The predicted octanol–water partition coefficient (Wildman–Crippen LogP) is 20.1. The number of phosphoric acid groups is 2. The van der Waals surface area contributed by atoms with E-state index >= 15 is 0 Å². The summed E-state index contributed by atoms with van der Waals surface area (Å²) in [5.41, 5.74) is 0. The van der Waals surface area contributed by atoms with Crippen molar-refractivity contribution in [1.29, 1.82) is 0 Å². The zero-order chi connectivity index (χ0) is 67.5. The molecule has 0 rings (SSSR count). The van der Waals surface area contributed by atoms with E-state index in [9.17, 15) is 43.2 Å². The van der Waals surface area contributed by atoms with Crippen molar-refractivity contribution in [2.24, 2.45) is 0 Å². The van der Waals surface area contributed by atoms with Crippen molar-refractivity contribution < 1.29 is 80.2 Å². The lowest BCUT2D eigenvalue weighted by molar-refractivity contribution is -0.161. The summed E-state index contributed by atoms with van der Waals surface area (Å²) >= 11 is 0. The van der Waals surface area contributed by atoms with Crippen LogP contribution in [0.1, 0.15) is 310 Å². The van der Waals surface area contributed by atoms with E-state index in [1.807, 2.05) is 0 Å². The third-order valence-electron chi connectivity index (χ3n) is 15.2. The molecule has 0 aromatic carbocycles. The Balaban J connectivity index is 5.29. The van der Waals surface area contributed by atoms with Gasteiger partial charge >= 0.3 is 39.5 Å². The molecule has 0 aliphatic heterocycles. The topological polar surface area (TPSA) is 237 Å². The van der Waals surface area contributed by atoms with Gasteiger partial charge in [0.2, 0.25) is 0 Å². The molecule has 19 heteroatoms. The van der Waals surface area contributed by atoms with Crippen LogP contribution in [-0.2, 0) is 65.4 Å². The molecule has 0 aliphatic carbocycles. The molecule has 0 radical (unpaired) electrons. The molecule has 0 fully saturated rings. The number of aliphatic hydroxyl groups excluding tert-OH is 1. The standard InChI is InChI=1S/C73H130O17P2/c1-5-9-13-17-21-25-29-30-31-32-33-34-35-36-40-42-46-50-54-58-71(76)84-64-69(90-73(78)60-56-52-48-44-39-28-24-20-16-12-8-4)66-88-92(81,82)86-62-67(74)61-85-91(79,80)87-65-68(89-72(77)59-55-51-47-43-38-27-23-19-15-11-7-3)63-83-70(75)57-53-49-45-41-37-26-22-18-14-10-6-2/h9,13,18,21-22,25,30-31,33-34,36,40,67-69,74H,5-8,10-12,14-17,19-20,23-24,26-29,32,35,37-39,41-66H2,1-4H3,(H,79,80)(H,81,82)/b13-9-,22-18-,25-21-,31-30-,34-33-,40-36-. The molecule has 0 aliphatic rings. The molecule has 0 amide bonds. The lowest BCUT2D eigenvalue weighted by atomic mass is 10.1. The summed E-state index contributed by atoms with van der Waals surface area (Å²) in [7, 11) is -9.93. The van der Waals surface area contributed by atoms with Crippen molar-refractivity contribution in [3.63, 3.8) is 0 Å². The second-order valence-corrected chi connectivity index (χ2v) is 27.1. The Kier molecular flexibility index (Phi) is 63.6. The molecular weight excluding hydrogens is 1210 g/mol. The monoisotopic (exact) mass is 1340 g/mol. The molecule has 0 heterocycles.